The summed E-state index contributed by atoms with van der Waals surface area (Å²) in [5, 5.41) is 2.90. The molecule has 0 spiro atoms. The van der Waals surface area contributed by atoms with Crippen molar-refractivity contribution in [3.05, 3.63) is 54.4 Å². The molecule has 0 bridgehead atoms. The van der Waals surface area contributed by atoms with Gasteiger partial charge in [-0.25, -0.2) is 0 Å². The fourth-order valence-electron chi connectivity index (χ4n) is 2.25. The summed E-state index contributed by atoms with van der Waals surface area (Å²) in [6.07, 6.45) is 2.63. The number of methoxy groups -OCH3 is 1. The van der Waals surface area contributed by atoms with Crippen LogP contribution in [0.1, 0.15) is 12.6 Å². The van der Waals surface area contributed by atoms with Crippen molar-refractivity contribution in [2.75, 3.05) is 32.1 Å². The molecule has 1 amide bonds. The summed E-state index contributed by atoms with van der Waals surface area (Å²) in [7, 11) is 1.62. The normalized spacial score (nSPS) is 10.6. The van der Waals surface area contributed by atoms with Gasteiger partial charge >= 0.3 is 0 Å². The number of nitrogens with one attached hydrogen (secondary N) is 1. The molecule has 0 fully saturated rings. The minimum absolute atomic E-state index is 0.0157. The average Bonchev–Trinajstić information content (AvgIpc) is 2.60. The number of amides is 1. The molecule has 2 aromatic rings. The maximum atomic E-state index is 12.1. The molecule has 1 N–H and O–H groups in total. The number of nitrogens with zero attached hydrogens (tertiary/aromatic N) is 2. The van der Waals surface area contributed by atoms with Crippen molar-refractivity contribution in [1.82, 2.24) is 9.88 Å². The highest BCUT2D eigenvalue weighted by atomic mass is 16.5. The first-order valence-electron chi connectivity index (χ1n) is 7.77. The number of carbonyl (C=O) groups is 1. The number of ether oxygens (including phenoxy) is 1. The van der Waals surface area contributed by atoms with Crippen LogP contribution in [0.5, 0.6) is 5.75 Å². The van der Waals surface area contributed by atoms with Gasteiger partial charge in [0.15, 0.2) is 0 Å². The zero-order valence-electron chi connectivity index (χ0n) is 13.7. The Kier molecular flexibility index (Phi) is 6.56. The first-order valence-corrected chi connectivity index (χ1v) is 7.77. The largest absolute Gasteiger partial charge is 0.497 e. The molecular weight excluding hydrogens is 290 g/mol. The van der Waals surface area contributed by atoms with Gasteiger partial charge in [-0.15, -0.1) is 0 Å². The predicted molar refractivity (Wildman–Crippen MR) is 91.7 cm³/mol. The van der Waals surface area contributed by atoms with Crippen LogP contribution in [-0.4, -0.2) is 42.5 Å². The highest BCUT2D eigenvalue weighted by molar-refractivity contribution is 5.92. The van der Waals surface area contributed by atoms with Crippen LogP contribution in [0.3, 0.4) is 0 Å². The van der Waals surface area contributed by atoms with E-state index in [1.807, 2.05) is 42.5 Å². The molecule has 5 nitrogen and oxygen atoms in total. The highest BCUT2D eigenvalue weighted by Crippen LogP contribution is 2.14. The van der Waals surface area contributed by atoms with Crippen LogP contribution in [-0.2, 0) is 11.2 Å². The van der Waals surface area contributed by atoms with Gasteiger partial charge in [0.05, 0.1) is 13.7 Å². The second-order valence-corrected chi connectivity index (χ2v) is 5.22. The van der Waals surface area contributed by atoms with E-state index < -0.39 is 0 Å². The maximum absolute atomic E-state index is 12.1. The number of hydrogen-bond acceptors (Lipinski definition) is 4. The van der Waals surface area contributed by atoms with E-state index in [2.05, 4.69) is 22.1 Å². The monoisotopic (exact) mass is 313 g/mol. The average molecular weight is 313 g/mol. The Morgan fingerprint density at radius 2 is 2.00 bits per heavy atom. The molecule has 0 radical (unpaired) electrons. The Morgan fingerprint density at radius 3 is 2.61 bits per heavy atom. The summed E-state index contributed by atoms with van der Waals surface area (Å²) in [6, 6.07) is 13.2. The lowest BCUT2D eigenvalue weighted by molar-refractivity contribution is -0.117. The molecule has 2 rings (SSSR count). The molecule has 0 aliphatic carbocycles. The van der Waals surface area contributed by atoms with Gasteiger partial charge in [-0.3, -0.25) is 14.7 Å². The topological polar surface area (TPSA) is 54.5 Å². The zero-order valence-corrected chi connectivity index (χ0v) is 13.7. The fourth-order valence-corrected chi connectivity index (χ4v) is 2.25. The molecule has 122 valence electrons. The molecule has 5 heteroatoms. The van der Waals surface area contributed by atoms with Gasteiger partial charge in [0.25, 0.3) is 0 Å². The number of hydrogen-bond donors (Lipinski definition) is 1. The molecule has 0 unspecified atom stereocenters. The van der Waals surface area contributed by atoms with Crippen LogP contribution in [0.2, 0.25) is 0 Å². The summed E-state index contributed by atoms with van der Waals surface area (Å²) in [5.74, 6) is 0.756. The molecule has 0 atom stereocenters. The quantitative estimate of drug-likeness (QED) is 0.814. The van der Waals surface area contributed by atoms with Gasteiger partial charge in [0.2, 0.25) is 5.91 Å². The van der Waals surface area contributed by atoms with Crippen molar-refractivity contribution < 1.29 is 9.53 Å². The molecule has 0 aliphatic rings. The Hall–Kier alpha value is -2.40. The third-order valence-corrected chi connectivity index (χ3v) is 3.60. The maximum Gasteiger partial charge on any atom is 0.238 e. The molecule has 1 aromatic heterocycles. The standard InChI is InChI=1S/C18H23N3O2/c1-3-21(13-11-15-6-4-5-12-19-15)14-18(22)20-16-7-9-17(23-2)10-8-16/h4-10,12H,3,11,13-14H2,1-2H3,(H,20,22). The predicted octanol–water partition coefficient (Wildman–Crippen LogP) is 2.59. The number of likely N-dealkylation sites (N-methyl/N-ethyl adjacent to an activating group) is 1. The third kappa shape index (κ3) is 5.71. The van der Waals surface area contributed by atoms with Crippen LogP contribution in [0, 0.1) is 0 Å². The Bertz CT molecular complexity index is 599. The van der Waals surface area contributed by atoms with Crippen molar-refractivity contribution in [3.8, 4) is 5.75 Å². The molecule has 1 aromatic carbocycles. The number of carbonyl (C=O) groups excluding carboxylic acids is 1. The van der Waals surface area contributed by atoms with E-state index in [-0.39, 0.29) is 5.91 Å². The SMILES string of the molecule is CCN(CCc1ccccn1)CC(=O)Nc1ccc(OC)cc1. The lowest BCUT2D eigenvalue weighted by Crippen LogP contribution is -2.34. The van der Waals surface area contributed by atoms with Crippen molar-refractivity contribution in [2.24, 2.45) is 0 Å². The van der Waals surface area contributed by atoms with Crippen LogP contribution in [0.4, 0.5) is 5.69 Å². The molecule has 0 saturated heterocycles. The Morgan fingerprint density at radius 1 is 1.22 bits per heavy atom. The second kappa shape index (κ2) is 8.90. The smallest absolute Gasteiger partial charge is 0.238 e. The van der Waals surface area contributed by atoms with Gasteiger partial charge in [-0.1, -0.05) is 13.0 Å². The van der Waals surface area contributed by atoms with Crippen molar-refractivity contribution in [3.63, 3.8) is 0 Å². The Balaban J connectivity index is 1.81. The zero-order chi connectivity index (χ0) is 16.5. The first-order chi connectivity index (χ1) is 11.2. The van der Waals surface area contributed by atoms with E-state index >= 15 is 0 Å². The van der Waals surface area contributed by atoms with Crippen molar-refractivity contribution in [2.45, 2.75) is 13.3 Å². The number of aromatic nitrogens is 1. The minimum Gasteiger partial charge on any atom is -0.497 e. The van der Waals surface area contributed by atoms with Crippen LogP contribution < -0.4 is 10.1 Å². The van der Waals surface area contributed by atoms with Gasteiger partial charge in [0, 0.05) is 30.5 Å². The van der Waals surface area contributed by atoms with Crippen molar-refractivity contribution in [1.29, 1.82) is 0 Å². The third-order valence-electron chi connectivity index (χ3n) is 3.60. The van der Waals surface area contributed by atoms with Gasteiger partial charge in [-0.2, -0.15) is 0 Å². The van der Waals surface area contributed by atoms with Crippen LogP contribution >= 0.6 is 0 Å². The molecule has 0 aliphatic heterocycles. The van der Waals surface area contributed by atoms with Crippen LogP contribution in [0.15, 0.2) is 48.7 Å². The number of pyridine rings is 1. The minimum atomic E-state index is -0.0157. The summed E-state index contributed by atoms with van der Waals surface area (Å²) in [6.45, 7) is 4.06. The highest BCUT2D eigenvalue weighted by Gasteiger charge is 2.10. The molecule has 0 saturated carbocycles. The van der Waals surface area contributed by atoms with Crippen LogP contribution in [0.25, 0.3) is 0 Å². The van der Waals surface area contributed by atoms with Gasteiger partial charge in [0.1, 0.15) is 5.75 Å². The van der Waals surface area contributed by atoms with E-state index in [9.17, 15) is 4.79 Å². The summed E-state index contributed by atoms with van der Waals surface area (Å²) >= 11 is 0. The van der Waals surface area contributed by atoms with E-state index in [0.717, 1.165) is 36.6 Å². The fraction of sp³-hybridized carbons (Fsp3) is 0.333. The molecular formula is C18H23N3O2. The van der Waals surface area contributed by atoms with E-state index in [0.29, 0.717) is 6.54 Å². The van der Waals surface area contributed by atoms with E-state index in [4.69, 9.17) is 4.74 Å². The van der Waals surface area contributed by atoms with E-state index in [1.54, 1.807) is 13.3 Å². The Labute approximate surface area is 137 Å². The lowest BCUT2D eigenvalue weighted by atomic mass is 10.2. The summed E-state index contributed by atoms with van der Waals surface area (Å²) < 4.78 is 5.10. The summed E-state index contributed by atoms with van der Waals surface area (Å²) in [4.78, 5) is 18.6. The second-order valence-electron chi connectivity index (χ2n) is 5.22. The first kappa shape index (κ1) is 17.0. The number of rotatable bonds is 8. The summed E-state index contributed by atoms with van der Waals surface area (Å²) in [5.41, 5.74) is 1.82. The number of anilines is 1. The van der Waals surface area contributed by atoms with E-state index in [1.165, 1.54) is 0 Å². The van der Waals surface area contributed by atoms with Gasteiger partial charge < -0.3 is 10.1 Å². The van der Waals surface area contributed by atoms with Crippen molar-refractivity contribution >= 4 is 11.6 Å². The molecule has 1 heterocycles. The molecule has 23 heavy (non-hydrogen) atoms. The lowest BCUT2D eigenvalue weighted by Gasteiger charge is -2.19. The van der Waals surface area contributed by atoms with Gasteiger partial charge in [-0.05, 0) is 42.9 Å². The number of benzene rings is 1.